The molecule has 0 bridgehead atoms. The van der Waals surface area contributed by atoms with E-state index in [2.05, 4.69) is 5.10 Å². The summed E-state index contributed by atoms with van der Waals surface area (Å²) in [6.45, 7) is 2.69. The van der Waals surface area contributed by atoms with Gasteiger partial charge in [-0.3, -0.25) is 4.68 Å². The predicted molar refractivity (Wildman–Crippen MR) is 129 cm³/mol. The Morgan fingerprint density at radius 1 is 1.24 bits per heavy atom. The molecular weight excluding hydrogens is 480 g/mol. The molecule has 1 aliphatic carbocycles. The van der Waals surface area contributed by atoms with Crippen LogP contribution in [-0.4, -0.2) is 31.2 Å². The van der Waals surface area contributed by atoms with E-state index in [0.717, 1.165) is 34.5 Å². The smallest absolute Gasteiger partial charge is 0.338 e. The molecule has 5 rings (SSSR count). The Bertz CT molecular complexity index is 1410. The molecule has 0 aliphatic heterocycles. The zero-order valence-corrected chi connectivity index (χ0v) is 20.0. The molecule has 0 saturated heterocycles. The lowest BCUT2D eigenvalue weighted by Crippen LogP contribution is -2.04. The van der Waals surface area contributed by atoms with Crippen molar-refractivity contribution in [1.29, 1.82) is 0 Å². The van der Waals surface area contributed by atoms with E-state index < -0.39 is 17.6 Å². The highest BCUT2D eigenvalue weighted by Gasteiger charge is 2.34. The summed E-state index contributed by atoms with van der Waals surface area (Å²) in [5, 5.41) is 14.4. The standard InChI is InChI=1S/C25H22ClF2N3O2S/c1-2-30-13-16(12-29-30)31-22(15-6-7-15)24(18-8-9-19(26)21(28)23(18)31)34-11-10-14-4-3-5-17(20(14)27)25(32)33/h3-5,8-9,12-13,15H,2,6-7,10-11H2,1H3,(H,32,33). The van der Waals surface area contributed by atoms with E-state index in [0.29, 0.717) is 35.7 Å². The molecule has 1 fully saturated rings. The molecule has 9 heteroatoms. The van der Waals surface area contributed by atoms with Crippen molar-refractivity contribution in [3.05, 3.63) is 76.2 Å². The molecule has 0 radical (unpaired) electrons. The Morgan fingerprint density at radius 3 is 2.71 bits per heavy atom. The molecule has 5 nitrogen and oxygen atoms in total. The Balaban J connectivity index is 1.57. The zero-order valence-electron chi connectivity index (χ0n) is 18.4. The second-order valence-corrected chi connectivity index (χ2v) is 9.83. The van der Waals surface area contributed by atoms with Gasteiger partial charge in [0.1, 0.15) is 5.82 Å². The molecular formula is C25H22ClF2N3O2S. The van der Waals surface area contributed by atoms with Crippen LogP contribution in [0.5, 0.6) is 0 Å². The normalized spacial score (nSPS) is 13.6. The minimum absolute atomic E-state index is 0.0561. The van der Waals surface area contributed by atoms with Crippen molar-refractivity contribution in [2.75, 3.05) is 5.75 Å². The molecule has 1 aliphatic rings. The summed E-state index contributed by atoms with van der Waals surface area (Å²) in [6.07, 6.45) is 5.99. The fraction of sp³-hybridized carbons (Fsp3) is 0.280. The van der Waals surface area contributed by atoms with E-state index >= 15 is 4.39 Å². The van der Waals surface area contributed by atoms with E-state index in [9.17, 15) is 14.3 Å². The third-order valence-corrected chi connectivity index (χ3v) is 7.52. The highest BCUT2D eigenvalue weighted by Crippen LogP contribution is 2.50. The van der Waals surface area contributed by atoms with Crippen LogP contribution in [0.1, 0.15) is 47.3 Å². The van der Waals surface area contributed by atoms with Crippen molar-refractivity contribution < 1.29 is 18.7 Å². The summed E-state index contributed by atoms with van der Waals surface area (Å²) in [5.41, 5.74) is 2.25. The van der Waals surface area contributed by atoms with Gasteiger partial charge in [0, 0.05) is 40.4 Å². The predicted octanol–water partition coefficient (Wildman–Crippen LogP) is 6.69. The van der Waals surface area contributed by atoms with Gasteiger partial charge in [-0.25, -0.2) is 13.6 Å². The van der Waals surface area contributed by atoms with Crippen molar-refractivity contribution in [1.82, 2.24) is 14.3 Å². The van der Waals surface area contributed by atoms with E-state index in [4.69, 9.17) is 11.6 Å². The largest absolute Gasteiger partial charge is 0.478 e. The van der Waals surface area contributed by atoms with Gasteiger partial charge in [-0.1, -0.05) is 23.7 Å². The maximum Gasteiger partial charge on any atom is 0.338 e. The number of carboxylic acids is 1. The Hall–Kier alpha value is -2.84. The van der Waals surface area contributed by atoms with Crippen LogP contribution in [0.3, 0.4) is 0 Å². The van der Waals surface area contributed by atoms with Gasteiger partial charge in [0.05, 0.1) is 28.0 Å². The molecule has 4 aromatic rings. The third kappa shape index (κ3) is 3.99. The highest BCUT2D eigenvalue weighted by atomic mass is 35.5. The number of hydrogen-bond acceptors (Lipinski definition) is 3. The number of thioether (sulfide) groups is 1. The van der Waals surface area contributed by atoms with Crippen molar-refractivity contribution >= 4 is 40.2 Å². The number of carboxylic acid groups (broad SMARTS) is 1. The second kappa shape index (κ2) is 9.07. The van der Waals surface area contributed by atoms with Crippen LogP contribution < -0.4 is 0 Å². The molecule has 2 aromatic heterocycles. The molecule has 1 saturated carbocycles. The number of nitrogens with zero attached hydrogens (tertiary/aromatic N) is 3. The minimum atomic E-state index is -1.29. The topological polar surface area (TPSA) is 60.0 Å². The molecule has 0 spiro atoms. The molecule has 2 aromatic carbocycles. The number of fused-ring (bicyclic) bond motifs is 1. The lowest BCUT2D eigenvalue weighted by molar-refractivity contribution is 0.0691. The van der Waals surface area contributed by atoms with Gasteiger partial charge < -0.3 is 9.67 Å². The number of benzene rings is 2. The zero-order chi connectivity index (χ0) is 24.0. The molecule has 2 heterocycles. The van der Waals surface area contributed by atoms with E-state index in [1.54, 1.807) is 29.1 Å². The number of halogens is 3. The summed E-state index contributed by atoms with van der Waals surface area (Å²) >= 11 is 7.71. The van der Waals surface area contributed by atoms with E-state index in [1.165, 1.54) is 17.8 Å². The van der Waals surface area contributed by atoms with Crippen LogP contribution in [0, 0.1) is 11.6 Å². The molecule has 0 amide bonds. The van der Waals surface area contributed by atoms with Crippen LogP contribution in [0.2, 0.25) is 5.02 Å². The number of aromatic carboxylic acids is 1. The maximum absolute atomic E-state index is 15.4. The Labute approximate surface area is 204 Å². The van der Waals surface area contributed by atoms with E-state index in [-0.39, 0.29) is 10.6 Å². The molecule has 34 heavy (non-hydrogen) atoms. The molecule has 176 valence electrons. The van der Waals surface area contributed by atoms with Gasteiger partial charge in [-0.2, -0.15) is 5.10 Å². The number of rotatable bonds is 8. The number of hydrogen-bond donors (Lipinski definition) is 1. The number of carbonyl (C=O) groups is 1. The summed E-state index contributed by atoms with van der Waals surface area (Å²) in [7, 11) is 0. The van der Waals surface area contributed by atoms with Crippen molar-refractivity contribution in [2.24, 2.45) is 0 Å². The monoisotopic (exact) mass is 501 g/mol. The van der Waals surface area contributed by atoms with Crippen LogP contribution in [0.15, 0.2) is 47.6 Å². The van der Waals surface area contributed by atoms with Crippen molar-refractivity contribution in [2.45, 2.75) is 43.5 Å². The van der Waals surface area contributed by atoms with Gasteiger partial charge in [0.25, 0.3) is 0 Å². The maximum atomic E-state index is 15.4. The lowest BCUT2D eigenvalue weighted by atomic mass is 10.1. The van der Waals surface area contributed by atoms with Gasteiger partial charge in [-0.05, 0) is 49.9 Å². The third-order valence-electron chi connectivity index (χ3n) is 6.10. The van der Waals surface area contributed by atoms with Crippen LogP contribution in [0.4, 0.5) is 8.78 Å². The first-order valence-corrected chi connectivity index (χ1v) is 12.5. The van der Waals surface area contributed by atoms with Crippen LogP contribution in [0.25, 0.3) is 16.6 Å². The quantitative estimate of drug-likeness (QED) is 0.273. The summed E-state index contributed by atoms with van der Waals surface area (Å²) in [5.74, 6) is -1.66. The minimum Gasteiger partial charge on any atom is -0.478 e. The van der Waals surface area contributed by atoms with Crippen molar-refractivity contribution in [3.8, 4) is 5.69 Å². The van der Waals surface area contributed by atoms with Crippen LogP contribution >= 0.6 is 23.4 Å². The van der Waals surface area contributed by atoms with Gasteiger partial charge >= 0.3 is 5.97 Å². The lowest BCUT2D eigenvalue weighted by Gasteiger charge is -2.10. The number of aromatic nitrogens is 3. The molecule has 0 unspecified atom stereocenters. The first-order valence-electron chi connectivity index (χ1n) is 11.1. The van der Waals surface area contributed by atoms with Gasteiger partial charge in [0.15, 0.2) is 5.82 Å². The summed E-state index contributed by atoms with van der Waals surface area (Å²) in [4.78, 5) is 12.2. The highest BCUT2D eigenvalue weighted by molar-refractivity contribution is 7.99. The second-order valence-electron chi connectivity index (χ2n) is 8.32. The molecule has 0 atom stereocenters. The average molecular weight is 502 g/mol. The SMILES string of the molecule is CCn1cc(-n2c(C3CC3)c(SCCc3cccc(C(=O)O)c3F)c3ccc(Cl)c(F)c32)cn1. The van der Waals surface area contributed by atoms with E-state index in [1.807, 2.05) is 23.8 Å². The average Bonchev–Trinajstić information content (AvgIpc) is 3.45. The molecule has 1 N–H and O–H groups in total. The summed E-state index contributed by atoms with van der Waals surface area (Å²) < 4.78 is 33.7. The fourth-order valence-electron chi connectivity index (χ4n) is 4.29. The number of aryl methyl sites for hydroxylation is 2. The fourth-order valence-corrected chi connectivity index (χ4v) is 5.69. The first kappa shape index (κ1) is 22.9. The van der Waals surface area contributed by atoms with Crippen molar-refractivity contribution in [3.63, 3.8) is 0 Å². The van der Waals surface area contributed by atoms with Crippen LogP contribution in [-0.2, 0) is 13.0 Å². The Morgan fingerprint density at radius 2 is 2.03 bits per heavy atom. The summed E-state index contributed by atoms with van der Waals surface area (Å²) in [6, 6.07) is 7.82. The van der Waals surface area contributed by atoms with Gasteiger partial charge in [0.2, 0.25) is 0 Å². The first-order chi connectivity index (χ1) is 16.4. The van der Waals surface area contributed by atoms with Gasteiger partial charge in [-0.15, -0.1) is 11.8 Å². The Kier molecular flexibility index (Phi) is 6.12.